The number of thiophene rings is 1. The van der Waals surface area contributed by atoms with Crippen LogP contribution in [-0.4, -0.2) is 85.5 Å². The molecule has 2 rings (SSSR count). The third-order valence-corrected chi connectivity index (χ3v) is 10.4. The van der Waals surface area contributed by atoms with E-state index in [1.54, 1.807) is 69.2 Å². The lowest BCUT2D eigenvalue weighted by Gasteiger charge is -2.29. The molecule has 60 heavy (non-hydrogen) atoms. The molecule has 1 heterocycles. The van der Waals surface area contributed by atoms with E-state index in [4.69, 9.17) is 9.47 Å². The molecule has 0 aliphatic carbocycles. The monoisotopic (exact) mass is 868 g/mol. The van der Waals surface area contributed by atoms with Gasteiger partial charge < -0.3 is 41.4 Å². The van der Waals surface area contributed by atoms with E-state index in [0.29, 0.717) is 0 Å². The number of amides is 6. The lowest BCUT2D eigenvalue weighted by molar-refractivity contribution is -0.138. The van der Waals surface area contributed by atoms with E-state index in [2.05, 4.69) is 31.9 Å². The maximum absolute atomic E-state index is 13.8. The van der Waals surface area contributed by atoms with Crippen molar-refractivity contribution in [2.24, 2.45) is 17.8 Å². The zero-order valence-electron chi connectivity index (χ0n) is 36.2. The summed E-state index contributed by atoms with van der Waals surface area (Å²) < 4.78 is 51.5. The van der Waals surface area contributed by atoms with Crippen LogP contribution in [0.3, 0.4) is 0 Å². The second-order valence-electron chi connectivity index (χ2n) is 16.2. The predicted molar refractivity (Wildman–Crippen MR) is 220 cm³/mol. The molecular weight excluding hydrogens is 810 g/mol. The lowest BCUT2D eigenvalue weighted by Crippen LogP contribution is -2.60. The fourth-order valence-corrected chi connectivity index (χ4v) is 7.16. The van der Waals surface area contributed by atoms with Crippen molar-refractivity contribution in [2.45, 2.75) is 118 Å². The maximum atomic E-state index is 13.8. The molecule has 0 bridgehead atoms. The van der Waals surface area contributed by atoms with Gasteiger partial charge in [-0.05, 0) is 69.1 Å². The molecule has 0 fully saturated rings. The summed E-state index contributed by atoms with van der Waals surface area (Å²) in [5, 5.41) is 15.7. The number of halogens is 3. The number of rotatable bonds is 18. The van der Waals surface area contributed by atoms with Gasteiger partial charge in [0.2, 0.25) is 23.6 Å². The Labute approximate surface area is 353 Å². The summed E-state index contributed by atoms with van der Waals surface area (Å²) in [6, 6.07) is 1.57. The standard InChI is InChI=1S/C41H59F3N6O9S/c1-13-24(25-16-14-15-17-26(25)41(42,43)44)32(51)50-37-27(38(56)58-12)23(8)31(60-37)36(55)46-19-18-45-33(52)28(20(2)3)47-34(53)29(21(4)5)48-35(54)30(22(6)7)49-39(57)59-40(9,10)11/h14-17,20-22,24,28-30H,13,18-19H2,1-12H3,(H,45,52)(H,46,55)(H,47,53)(H,48,54)(H,49,57)(H,50,51)/t24?,28-,29-,30-/m0/s1. The summed E-state index contributed by atoms with van der Waals surface area (Å²) in [7, 11) is 1.10. The van der Waals surface area contributed by atoms with Crippen LogP contribution in [0.5, 0.6) is 0 Å². The summed E-state index contributed by atoms with van der Waals surface area (Å²) in [5.41, 5.74) is -1.99. The van der Waals surface area contributed by atoms with E-state index in [-0.39, 0.29) is 52.0 Å². The van der Waals surface area contributed by atoms with Crippen LogP contribution in [0.4, 0.5) is 23.0 Å². The number of nitrogens with one attached hydrogen (secondary N) is 6. The molecule has 15 nitrogen and oxygen atoms in total. The highest BCUT2D eigenvalue weighted by Gasteiger charge is 2.38. The third kappa shape index (κ3) is 14.2. The van der Waals surface area contributed by atoms with Gasteiger partial charge >= 0.3 is 18.2 Å². The predicted octanol–water partition coefficient (Wildman–Crippen LogP) is 5.67. The zero-order chi connectivity index (χ0) is 45.9. The molecule has 19 heteroatoms. The van der Waals surface area contributed by atoms with Crippen LogP contribution in [0.1, 0.15) is 118 Å². The van der Waals surface area contributed by atoms with Crippen molar-refractivity contribution in [1.29, 1.82) is 0 Å². The minimum Gasteiger partial charge on any atom is -0.465 e. The van der Waals surface area contributed by atoms with Gasteiger partial charge in [0, 0.05) is 13.1 Å². The van der Waals surface area contributed by atoms with E-state index >= 15 is 0 Å². The van der Waals surface area contributed by atoms with E-state index < -0.39 is 94.8 Å². The lowest BCUT2D eigenvalue weighted by atomic mass is 9.91. The highest BCUT2D eigenvalue weighted by Crippen LogP contribution is 2.38. The van der Waals surface area contributed by atoms with Gasteiger partial charge in [-0.2, -0.15) is 13.2 Å². The number of anilines is 1. The molecule has 334 valence electrons. The first-order valence-corrected chi connectivity index (χ1v) is 20.4. The third-order valence-electron chi connectivity index (χ3n) is 9.17. The number of methoxy groups -OCH3 is 1. The van der Waals surface area contributed by atoms with Gasteiger partial charge in [-0.3, -0.25) is 24.0 Å². The molecule has 1 aromatic heterocycles. The first kappa shape index (κ1) is 50.9. The van der Waals surface area contributed by atoms with Gasteiger partial charge in [0.15, 0.2) is 0 Å². The maximum Gasteiger partial charge on any atom is 0.416 e. The van der Waals surface area contributed by atoms with Crippen LogP contribution in [0.25, 0.3) is 0 Å². The van der Waals surface area contributed by atoms with Crippen molar-refractivity contribution in [3.8, 4) is 0 Å². The van der Waals surface area contributed by atoms with E-state index in [0.717, 1.165) is 24.5 Å². The highest BCUT2D eigenvalue weighted by molar-refractivity contribution is 7.18. The van der Waals surface area contributed by atoms with Crippen molar-refractivity contribution in [2.75, 3.05) is 25.5 Å². The van der Waals surface area contributed by atoms with Crippen LogP contribution >= 0.6 is 11.3 Å². The largest absolute Gasteiger partial charge is 0.465 e. The van der Waals surface area contributed by atoms with Crippen LogP contribution < -0.4 is 31.9 Å². The number of carbonyl (C=O) groups is 7. The Morgan fingerprint density at radius 1 is 0.733 bits per heavy atom. The Kier molecular flexibility index (Phi) is 18.6. The molecule has 0 radical (unpaired) electrons. The second kappa shape index (κ2) is 21.9. The van der Waals surface area contributed by atoms with Gasteiger partial charge in [-0.1, -0.05) is 66.7 Å². The smallest absolute Gasteiger partial charge is 0.416 e. The van der Waals surface area contributed by atoms with Crippen LogP contribution in [-0.2, 0) is 34.8 Å². The molecule has 1 unspecified atom stereocenters. The summed E-state index contributed by atoms with van der Waals surface area (Å²) in [4.78, 5) is 92.2. The molecule has 6 amide bonds. The Bertz CT molecular complexity index is 1870. The topological polar surface area (TPSA) is 210 Å². The molecular formula is C41H59F3N6O9S. The number of alkyl halides is 3. The fourth-order valence-electron chi connectivity index (χ4n) is 6.05. The SMILES string of the molecule is CCC(C(=O)Nc1sc(C(=O)NCCNC(=O)[C@@H](NC(=O)[C@@H](NC(=O)[C@@H](NC(=O)OC(C)(C)C)C(C)C)C(C)C)C(C)C)c(C)c1C(=O)OC)c1ccccc1C(F)(F)F. The quantitative estimate of drug-likeness (QED) is 0.0804. The number of benzene rings is 1. The Hall–Kier alpha value is -5.20. The first-order chi connectivity index (χ1) is 27.7. The highest BCUT2D eigenvalue weighted by atomic mass is 32.1. The molecule has 0 spiro atoms. The molecule has 1 aromatic carbocycles. The van der Waals surface area contributed by atoms with Crippen molar-refractivity contribution in [1.82, 2.24) is 26.6 Å². The number of alkyl carbamates (subject to hydrolysis) is 1. The van der Waals surface area contributed by atoms with Crippen molar-refractivity contribution in [3.63, 3.8) is 0 Å². The number of carbonyl (C=O) groups excluding carboxylic acids is 7. The van der Waals surface area contributed by atoms with Crippen molar-refractivity contribution >= 4 is 57.9 Å². The summed E-state index contributed by atoms with van der Waals surface area (Å²) >= 11 is 0.737. The Balaban J connectivity index is 2.15. The normalized spacial score (nSPS) is 13.8. The molecule has 6 N–H and O–H groups in total. The molecule has 0 saturated heterocycles. The van der Waals surface area contributed by atoms with Gasteiger partial charge in [-0.25, -0.2) is 9.59 Å². The second-order valence-corrected chi connectivity index (χ2v) is 17.2. The van der Waals surface area contributed by atoms with E-state index in [9.17, 15) is 46.7 Å². The molecule has 0 saturated carbocycles. The van der Waals surface area contributed by atoms with E-state index in [1.807, 2.05) is 0 Å². The molecule has 4 atom stereocenters. The van der Waals surface area contributed by atoms with Gasteiger partial charge in [0.1, 0.15) is 28.7 Å². The van der Waals surface area contributed by atoms with Crippen LogP contribution in [0, 0.1) is 24.7 Å². The van der Waals surface area contributed by atoms with Crippen molar-refractivity contribution < 1.29 is 56.2 Å². The van der Waals surface area contributed by atoms with Crippen molar-refractivity contribution in [3.05, 3.63) is 51.4 Å². The number of hydrogen-bond donors (Lipinski definition) is 6. The Morgan fingerprint density at radius 2 is 1.23 bits per heavy atom. The first-order valence-electron chi connectivity index (χ1n) is 19.6. The van der Waals surface area contributed by atoms with Crippen LogP contribution in [0.2, 0.25) is 0 Å². The van der Waals surface area contributed by atoms with Gasteiger partial charge in [0.05, 0.1) is 29.0 Å². The zero-order valence-corrected chi connectivity index (χ0v) is 37.0. The molecule has 2 aromatic rings. The number of esters is 1. The summed E-state index contributed by atoms with van der Waals surface area (Å²) in [6.45, 7) is 18.2. The minimum atomic E-state index is -4.71. The Morgan fingerprint density at radius 3 is 1.72 bits per heavy atom. The number of ether oxygens (including phenoxy) is 2. The van der Waals surface area contributed by atoms with Crippen LogP contribution in [0.15, 0.2) is 24.3 Å². The summed E-state index contributed by atoms with van der Waals surface area (Å²) in [6.07, 6.45) is -5.51. The molecule has 0 aliphatic heterocycles. The fraction of sp³-hybridized carbons (Fsp3) is 0.585. The van der Waals surface area contributed by atoms with Gasteiger partial charge in [0.25, 0.3) is 5.91 Å². The average molecular weight is 869 g/mol. The van der Waals surface area contributed by atoms with E-state index in [1.165, 1.54) is 25.1 Å². The van der Waals surface area contributed by atoms with Gasteiger partial charge in [-0.15, -0.1) is 11.3 Å². The summed E-state index contributed by atoms with van der Waals surface area (Å²) in [5.74, 6) is -6.61. The number of hydrogen-bond acceptors (Lipinski definition) is 10. The minimum absolute atomic E-state index is 0.0000640. The average Bonchev–Trinajstić information content (AvgIpc) is 3.46. The molecule has 0 aliphatic rings.